The summed E-state index contributed by atoms with van der Waals surface area (Å²) in [5.74, 6) is 2.02. The fourth-order valence-electron chi connectivity index (χ4n) is 2.22. The monoisotopic (exact) mass is 271 g/mol. The van der Waals surface area contributed by atoms with Crippen LogP contribution in [0.3, 0.4) is 0 Å². The Labute approximate surface area is 117 Å². The number of anilines is 2. The van der Waals surface area contributed by atoms with Gasteiger partial charge in [-0.15, -0.1) is 0 Å². The minimum Gasteiger partial charge on any atom is -0.454 e. The van der Waals surface area contributed by atoms with Gasteiger partial charge in [0.05, 0.1) is 5.69 Å². The number of hydrogen-bond acceptors (Lipinski definition) is 5. The Bertz CT molecular complexity index is 641. The second kappa shape index (κ2) is 4.92. The van der Waals surface area contributed by atoms with Gasteiger partial charge in [0, 0.05) is 17.8 Å². The average Bonchev–Trinajstić information content (AvgIpc) is 2.88. The molecule has 1 aliphatic heterocycles. The van der Waals surface area contributed by atoms with E-state index in [9.17, 15) is 0 Å². The molecule has 0 aliphatic carbocycles. The van der Waals surface area contributed by atoms with E-state index in [1.165, 1.54) is 0 Å². The van der Waals surface area contributed by atoms with Crippen molar-refractivity contribution in [2.45, 2.75) is 19.9 Å². The molecule has 0 atom stereocenters. The Morgan fingerprint density at radius 2 is 2.00 bits per heavy atom. The van der Waals surface area contributed by atoms with Crippen molar-refractivity contribution in [1.82, 2.24) is 4.98 Å². The van der Waals surface area contributed by atoms with Crippen molar-refractivity contribution in [3.8, 4) is 22.6 Å². The zero-order valence-corrected chi connectivity index (χ0v) is 11.5. The van der Waals surface area contributed by atoms with Gasteiger partial charge in [-0.1, -0.05) is 6.07 Å². The van der Waals surface area contributed by atoms with Gasteiger partial charge in [-0.05, 0) is 37.6 Å². The van der Waals surface area contributed by atoms with E-state index < -0.39 is 0 Å². The molecule has 2 aromatic rings. The molecule has 5 nitrogen and oxygen atoms in total. The molecular weight excluding hydrogens is 254 g/mol. The second-order valence-electron chi connectivity index (χ2n) is 4.99. The first-order chi connectivity index (χ1) is 9.65. The maximum absolute atomic E-state index is 5.99. The van der Waals surface area contributed by atoms with E-state index in [0.717, 1.165) is 28.3 Å². The molecule has 3 rings (SSSR count). The van der Waals surface area contributed by atoms with Crippen LogP contribution in [0.15, 0.2) is 30.5 Å². The second-order valence-corrected chi connectivity index (χ2v) is 4.99. The Kier molecular flexibility index (Phi) is 3.10. The lowest BCUT2D eigenvalue weighted by Crippen LogP contribution is -2.13. The summed E-state index contributed by atoms with van der Waals surface area (Å²) in [7, 11) is 0. The Morgan fingerprint density at radius 3 is 2.80 bits per heavy atom. The van der Waals surface area contributed by atoms with E-state index >= 15 is 0 Å². The molecule has 0 saturated carbocycles. The lowest BCUT2D eigenvalue weighted by Gasteiger charge is -2.16. The normalized spacial score (nSPS) is 12.8. The Morgan fingerprint density at radius 1 is 1.20 bits per heavy atom. The highest BCUT2D eigenvalue weighted by Crippen LogP contribution is 2.39. The van der Waals surface area contributed by atoms with E-state index in [2.05, 4.69) is 24.1 Å². The molecule has 0 amide bonds. The summed E-state index contributed by atoms with van der Waals surface area (Å²) in [5, 5.41) is 3.35. The molecule has 2 heterocycles. The van der Waals surface area contributed by atoms with Gasteiger partial charge >= 0.3 is 0 Å². The first-order valence-electron chi connectivity index (χ1n) is 6.56. The first-order valence-corrected chi connectivity index (χ1v) is 6.56. The largest absolute Gasteiger partial charge is 0.454 e. The first kappa shape index (κ1) is 12.6. The number of benzene rings is 1. The van der Waals surface area contributed by atoms with Gasteiger partial charge in [0.25, 0.3) is 0 Å². The molecule has 0 bridgehead atoms. The standard InChI is InChI=1S/C15H17N3O2/c1-9(2)18-14-11(5-6-17-15(14)16)10-3-4-12-13(7-10)20-8-19-12/h3-7,9,18H,8H2,1-2H3,(H2,16,17). The van der Waals surface area contributed by atoms with Gasteiger partial charge in [0.15, 0.2) is 11.5 Å². The lowest BCUT2D eigenvalue weighted by atomic mass is 10.0. The van der Waals surface area contributed by atoms with E-state index in [1.54, 1.807) is 6.20 Å². The molecule has 3 N–H and O–H groups in total. The number of nitrogen functional groups attached to an aromatic ring is 1. The van der Waals surface area contributed by atoms with E-state index in [0.29, 0.717) is 5.82 Å². The van der Waals surface area contributed by atoms with Crippen LogP contribution in [0.1, 0.15) is 13.8 Å². The van der Waals surface area contributed by atoms with Crippen LogP contribution in [0.4, 0.5) is 11.5 Å². The molecule has 0 fully saturated rings. The molecule has 0 spiro atoms. The summed E-state index contributed by atoms with van der Waals surface area (Å²) in [4.78, 5) is 4.15. The predicted molar refractivity (Wildman–Crippen MR) is 79.0 cm³/mol. The van der Waals surface area contributed by atoms with Crippen molar-refractivity contribution in [2.75, 3.05) is 17.8 Å². The number of nitrogens with one attached hydrogen (secondary N) is 1. The van der Waals surface area contributed by atoms with Gasteiger partial charge in [0.1, 0.15) is 5.82 Å². The van der Waals surface area contributed by atoms with Crippen LogP contribution in [0.2, 0.25) is 0 Å². The highest BCUT2D eigenvalue weighted by atomic mass is 16.7. The van der Waals surface area contributed by atoms with E-state index in [-0.39, 0.29) is 12.8 Å². The van der Waals surface area contributed by atoms with Crippen LogP contribution in [0.5, 0.6) is 11.5 Å². The van der Waals surface area contributed by atoms with Crippen LogP contribution in [0, 0.1) is 0 Å². The highest BCUT2D eigenvalue weighted by Gasteiger charge is 2.16. The van der Waals surface area contributed by atoms with Crippen LogP contribution < -0.4 is 20.5 Å². The van der Waals surface area contributed by atoms with Gasteiger partial charge in [-0.2, -0.15) is 0 Å². The van der Waals surface area contributed by atoms with Crippen molar-refractivity contribution >= 4 is 11.5 Å². The summed E-state index contributed by atoms with van der Waals surface area (Å²) in [6.45, 7) is 4.40. The van der Waals surface area contributed by atoms with Crippen molar-refractivity contribution in [1.29, 1.82) is 0 Å². The topological polar surface area (TPSA) is 69.4 Å². The molecule has 20 heavy (non-hydrogen) atoms. The van der Waals surface area contributed by atoms with E-state index in [4.69, 9.17) is 15.2 Å². The molecule has 0 unspecified atom stereocenters. The zero-order valence-electron chi connectivity index (χ0n) is 11.5. The molecule has 5 heteroatoms. The molecule has 1 aromatic heterocycles. The third kappa shape index (κ3) is 2.22. The minimum absolute atomic E-state index is 0.272. The van der Waals surface area contributed by atoms with Crippen LogP contribution in [-0.2, 0) is 0 Å². The smallest absolute Gasteiger partial charge is 0.231 e. The number of hydrogen-bond donors (Lipinski definition) is 2. The zero-order chi connectivity index (χ0) is 14.1. The van der Waals surface area contributed by atoms with Crippen LogP contribution in [0.25, 0.3) is 11.1 Å². The number of nitrogens with two attached hydrogens (primary N) is 1. The summed E-state index contributed by atoms with van der Waals surface area (Å²) in [6.07, 6.45) is 1.71. The van der Waals surface area contributed by atoms with Crippen molar-refractivity contribution in [2.24, 2.45) is 0 Å². The van der Waals surface area contributed by atoms with Crippen molar-refractivity contribution in [3.05, 3.63) is 30.5 Å². The number of ether oxygens (including phenoxy) is 2. The van der Waals surface area contributed by atoms with Gasteiger partial charge in [0.2, 0.25) is 6.79 Å². The molecule has 1 aromatic carbocycles. The third-order valence-electron chi connectivity index (χ3n) is 3.10. The highest BCUT2D eigenvalue weighted by molar-refractivity contribution is 5.85. The number of rotatable bonds is 3. The molecule has 1 aliphatic rings. The van der Waals surface area contributed by atoms with E-state index in [1.807, 2.05) is 24.3 Å². The number of pyridine rings is 1. The number of nitrogens with zero attached hydrogens (tertiary/aromatic N) is 1. The average molecular weight is 271 g/mol. The van der Waals surface area contributed by atoms with Gasteiger partial charge in [-0.25, -0.2) is 4.98 Å². The summed E-state index contributed by atoms with van der Waals surface area (Å²) in [6, 6.07) is 8.08. The van der Waals surface area contributed by atoms with Crippen LogP contribution in [-0.4, -0.2) is 17.8 Å². The fraction of sp³-hybridized carbons (Fsp3) is 0.267. The van der Waals surface area contributed by atoms with Crippen molar-refractivity contribution in [3.63, 3.8) is 0 Å². The Balaban J connectivity index is 2.07. The van der Waals surface area contributed by atoms with Gasteiger partial charge in [-0.3, -0.25) is 0 Å². The number of aromatic nitrogens is 1. The molecule has 0 saturated heterocycles. The SMILES string of the molecule is CC(C)Nc1c(-c2ccc3c(c2)OCO3)ccnc1N. The Hall–Kier alpha value is -2.43. The number of fused-ring (bicyclic) bond motifs is 1. The quantitative estimate of drug-likeness (QED) is 0.898. The third-order valence-corrected chi connectivity index (χ3v) is 3.10. The van der Waals surface area contributed by atoms with Gasteiger partial charge < -0.3 is 20.5 Å². The molecule has 0 radical (unpaired) electrons. The summed E-state index contributed by atoms with van der Waals surface area (Å²) in [5.41, 5.74) is 8.86. The lowest BCUT2D eigenvalue weighted by molar-refractivity contribution is 0.174. The molecular formula is C15H17N3O2. The summed E-state index contributed by atoms with van der Waals surface area (Å²) < 4.78 is 10.8. The summed E-state index contributed by atoms with van der Waals surface area (Å²) >= 11 is 0. The molecule has 104 valence electrons. The predicted octanol–water partition coefficient (Wildman–Crippen LogP) is 2.88. The maximum Gasteiger partial charge on any atom is 0.231 e. The maximum atomic E-state index is 5.99. The van der Waals surface area contributed by atoms with Crippen LogP contribution >= 0.6 is 0 Å². The minimum atomic E-state index is 0.272. The fourth-order valence-corrected chi connectivity index (χ4v) is 2.22. The van der Waals surface area contributed by atoms with Crippen molar-refractivity contribution < 1.29 is 9.47 Å².